The summed E-state index contributed by atoms with van der Waals surface area (Å²) < 4.78 is 0. The molecule has 0 spiro atoms. The molecule has 0 bridgehead atoms. The molecule has 2 heteroatoms. The number of hydrogen-bond donors (Lipinski definition) is 1. The fourth-order valence-corrected chi connectivity index (χ4v) is 3.96. The lowest BCUT2D eigenvalue weighted by atomic mass is 9.86. The molecule has 0 atom stereocenters. The highest BCUT2D eigenvalue weighted by Crippen LogP contribution is 2.40. The van der Waals surface area contributed by atoms with E-state index in [9.17, 15) is 0 Å². The molecule has 1 fully saturated rings. The summed E-state index contributed by atoms with van der Waals surface area (Å²) in [6.07, 6.45) is 8.19. The van der Waals surface area contributed by atoms with Gasteiger partial charge in [0.25, 0.3) is 0 Å². The van der Waals surface area contributed by atoms with Crippen LogP contribution in [0.3, 0.4) is 0 Å². The maximum atomic E-state index is 4.67. The van der Waals surface area contributed by atoms with Crippen molar-refractivity contribution in [2.45, 2.75) is 72.3 Å². The Hall–Kier alpha value is 0.310. The minimum Gasteiger partial charge on any atom is -0.300 e. The standard InChI is InChI=1S/C16H33NS/c1-5-15(6-2)17(11-14(3)4)12-16(13-18)9-7-8-10-16/h14-15,18H,5-13H2,1-4H3. The van der Waals surface area contributed by atoms with Crippen LogP contribution in [0.4, 0.5) is 0 Å². The first-order valence-electron chi connectivity index (χ1n) is 7.91. The first-order chi connectivity index (χ1) is 8.56. The summed E-state index contributed by atoms with van der Waals surface area (Å²) in [7, 11) is 0. The van der Waals surface area contributed by atoms with Crippen LogP contribution in [0.5, 0.6) is 0 Å². The first-order valence-corrected chi connectivity index (χ1v) is 8.55. The fraction of sp³-hybridized carbons (Fsp3) is 1.00. The highest BCUT2D eigenvalue weighted by Gasteiger charge is 2.35. The van der Waals surface area contributed by atoms with E-state index in [1.807, 2.05) is 0 Å². The Morgan fingerprint density at radius 2 is 1.67 bits per heavy atom. The summed E-state index contributed by atoms with van der Waals surface area (Å²) >= 11 is 4.67. The third kappa shape index (κ3) is 4.45. The summed E-state index contributed by atoms with van der Waals surface area (Å²) in [5.74, 6) is 1.84. The van der Waals surface area contributed by atoms with E-state index in [2.05, 4.69) is 45.2 Å². The van der Waals surface area contributed by atoms with Gasteiger partial charge < -0.3 is 0 Å². The van der Waals surface area contributed by atoms with E-state index in [-0.39, 0.29) is 0 Å². The second kappa shape index (κ2) is 7.79. The molecule has 1 aliphatic carbocycles. The van der Waals surface area contributed by atoms with Crippen LogP contribution in [-0.4, -0.2) is 29.8 Å². The lowest BCUT2D eigenvalue weighted by Gasteiger charge is -2.39. The minimum atomic E-state index is 0.514. The van der Waals surface area contributed by atoms with Gasteiger partial charge in [0, 0.05) is 19.1 Å². The van der Waals surface area contributed by atoms with Gasteiger partial charge in [-0.2, -0.15) is 12.6 Å². The molecule has 1 aliphatic rings. The number of thiol groups is 1. The lowest BCUT2D eigenvalue weighted by Crippen LogP contribution is -2.44. The van der Waals surface area contributed by atoms with Gasteiger partial charge in [0.1, 0.15) is 0 Å². The summed E-state index contributed by atoms with van der Waals surface area (Å²) in [6.45, 7) is 11.9. The molecule has 0 aromatic rings. The number of rotatable bonds is 8. The zero-order chi connectivity index (χ0) is 13.6. The average Bonchev–Trinajstić information content (AvgIpc) is 2.79. The van der Waals surface area contributed by atoms with E-state index in [0.29, 0.717) is 5.41 Å². The van der Waals surface area contributed by atoms with Gasteiger partial charge >= 0.3 is 0 Å². The fourth-order valence-electron chi connectivity index (χ4n) is 3.54. The average molecular weight is 272 g/mol. The van der Waals surface area contributed by atoms with Crippen LogP contribution >= 0.6 is 12.6 Å². The van der Waals surface area contributed by atoms with Crippen molar-refractivity contribution in [1.29, 1.82) is 0 Å². The maximum absolute atomic E-state index is 4.67. The molecule has 0 heterocycles. The van der Waals surface area contributed by atoms with Crippen molar-refractivity contribution in [3.8, 4) is 0 Å². The molecule has 0 radical (unpaired) electrons. The smallest absolute Gasteiger partial charge is 0.00903 e. The molecule has 0 unspecified atom stereocenters. The normalized spacial score (nSPS) is 19.3. The third-order valence-corrected chi connectivity index (χ3v) is 5.27. The van der Waals surface area contributed by atoms with E-state index in [0.717, 1.165) is 17.7 Å². The van der Waals surface area contributed by atoms with Crippen molar-refractivity contribution < 1.29 is 0 Å². The van der Waals surface area contributed by atoms with Gasteiger partial charge in [-0.15, -0.1) is 0 Å². The summed E-state index contributed by atoms with van der Waals surface area (Å²) in [6, 6.07) is 0.768. The number of nitrogens with zero attached hydrogens (tertiary/aromatic N) is 1. The molecular formula is C16H33NS. The van der Waals surface area contributed by atoms with Gasteiger partial charge in [0.2, 0.25) is 0 Å². The molecule has 0 N–H and O–H groups in total. The zero-order valence-electron chi connectivity index (χ0n) is 12.9. The van der Waals surface area contributed by atoms with Crippen molar-refractivity contribution in [3.05, 3.63) is 0 Å². The molecule has 1 nitrogen and oxygen atoms in total. The number of hydrogen-bond acceptors (Lipinski definition) is 2. The van der Waals surface area contributed by atoms with Gasteiger partial charge in [-0.1, -0.05) is 40.5 Å². The highest BCUT2D eigenvalue weighted by atomic mass is 32.1. The van der Waals surface area contributed by atoms with Crippen LogP contribution in [0.25, 0.3) is 0 Å². The van der Waals surface area contributed by atoms with Crippen molar-refractivity contribution >= 4 is 12.6 Å². The molecule has 0 aromatic heterocycles. The molecule has 0 amide bonds. The molecule has 1 saturated carbocycles. The van der Waals surface area contributed by atoms with Crippen LogP contribution in [0.2, 0.25) is 0 Å². The van der Waals surface area contributed by atoms with Gasteiger partial charge in [-0.05, 0) is 42.8 Å². The Kier molecular flexibility index (Phi) is 7.08. The van der Waals surface area contributed by atoms with Gasteiger partial charge in [-0.3, -0.25) is 4.90 Å². The molecule has 108 valence electrons. The molecule has 0 saturated heterocycles. The third-order valence-electron chi connectivity index (χ3n) is 4.60. The second-order valence-corrected chi connectivity index (χ2v) is 6.98. The lowest BCUT2D eigenvalue weighted by molar-refractivity contribution is 0.105. The predicted octanol–water partition coefficient (Wildman–Crippen LogP) is 4.62. The molecule has 1 rings (SSSR count). The second-order valence-electron chi connectivity index (χ2n) is 6.66. The Morgan fingerprint density at radius 1 is 1.11 bits per heavy atom. The maximum Gasteiger partial charge on any atom is 0.00903 e. The predicted molar refractivity (Wildman–Crippen MR) is 85.5 cm³/mol. The Balaban J connectivity index is 2.69. The van der Waals surface area contributed by atoms with Crippen molar-refractivity contribution in [2.24, 2.45) is 11.3 Å². The minimum absolute atomic E-state index is 0.514. The topological polar surface area (TPSA) is 3.24 Å². The van der Waals surface area contributed by atoms with Crippen molar-refractivity contribution in [3.63, 3.8) is 0 Å². The van der Waals surface area contributed by atoms with E-state index >= 15 is 0 Å². The van der Waals surface area contributed by atoms with Crippen LogP contribution < -0.4 is 0 Å². The molecule has 0 aliphatic heterocycles. The Bertz CT molecular complexity index is 217. The SMILES string of the molecule is CCC(CC)N(CC(C)C)CC1(CS)CCCC1. The van der Waals surface area contributed by atoms with Crippen LogP contribution in [0.1, 0.15) is 66.2 Å². The molecular weight excluding hydrogens is 238 g/mol. The monoisotopic (exact) mass is 271 g/mol. The Labute approximate surface area is 120 Å². The van der Waals surface area contributed by atoms with Crippen LogP contribution in [0.15, 0.2) is 0 Å². The van der Waals surface area contributed by atoms with Gasteiger partial charge in [0.15, 0.2) is 0 Å². The van der Waals surface area contributed by atoms with Crippen LogP contribution in [0, 0.1) is 11.3 Å². The van der Waals surface area contributed by atoms with E-state index in [4.69, 9.17) is 0 Å². The van der Waals surface area contributed by atoms with Crippen LogP contribution in [-0.2, 0) is 0 Å². The molecule has 0 aromatic carbocycles. The van der Waals surface area contributed by atoms with E-state index in [1.54, 1.807) is 0 Å². The first kappa shape index (κ1) is 16.4. The van der Waals surface area contributed by atoms with Crippen molar-refractivity contribution in [1.82, 2.24) is 4.90 Å². The zero-order valence-corrected chi connectivity index (χ0v) is 13.8. The highest BCUT2D eigenvalue weighted by molar-refractivity contribution is 7.80. The molecule has 18 heavy (non-hydrogen) atoms. The summed E-state index contributed by atoms with van der Waals surface area (Å²) in [5.41, 5.74) is 0.514. The van der Waals surface area contributed by atoms with E-state index < -0.39 is 0 Å². The summed E-state index contributed by atoms with van der Waals surface area (Å²) in [4.78, 5) is 2.77. The van der Waals surface area contributed by atoms with Crippen molar-refractivity contribution in [2.75, 3.05) is 18.8 Å². The van der Waals surface area contributed by atoms with Gasteiger partial charge in [0.05, 0.1) is 0 Å². The van der Waals surface area contributed by atoms with E-state index in [1.165, 1.54) is 51.6 Å². The largest absolute Gasteiger partial charge is 0.300 e. The summed E-state index contributed by atoms with van der Waals surface area (Å²) in [5, 5.41) is 0. The quantitative estimate of drug-likeness (QED) is 0.630. The van der Waals surface area contributed by atoms with Gasteiger partial charge in [-0.25, -0.2) is 0 Å². The Morgan fingerprint density at radius 3 is 2.06 bits per heavy atom.